The molecular weight excluding hydrogens is 244 g/mol. The molecule has 2 unspecified atom stereocenters. The third-order valence-corrected chi connectivity index (χ3v) is 3.36. The molecule has 17 heavy (non-hydrogen) atoms. The minimum atomic E-state index is -1.06. The van der Waals surface area contributed by atoms with E-state index < -0.39 is 18.1 Å². The van der Waals surface area contributed by atoms with Gasteiger partial charge in [-0.3, -0.25) is 0 Å². The maximum absolute atomic E-state index is 12.0. The molecule has 0 aromatic heterocycles. The molecule has 1 aliphatic rings. The molecule has 0 aromatic rings. The molecule has 0 aliphatic carbocycles. The van der Waals surface area contributed by atoms with Gasteiger partial charge in [-0.2, -0.15) is 11.8 Å². The Bertz CT molecular complexity index is 300. The summed E-state index contributed by atoms with van der Waals surface area (Å²) in [7, 11) is 1.64. The average Bonchev–Trinajstić information content (AvgIpc) is 2.67. The first-order valence-electron chi connectivity index (χ1n) is 5.39. The Morgan fingerprint density at radius 3 is 2.71 bits per heavy atom. The second kappa shape index (κ2) is 6.11. The lowest BCUT2D eigenvalue weighted by atomic mass is 10.2. The molecular formula is C10H18N2O4S. The van der Waals surface area contributed by atoms with Gasteiger partial charge in [0.05, 0.1) is 6.10 Å². The highest BCUT2D eigenvalue weighted by atomic mass is 32.2. The zero-order chi connectivity index (χ0) is 13.0. The largest absolute Gasteiger partial charge is 0.480 e. The number of urea groups is 1. The van der Waals surface area contributed by atoms with E-state index in [2.05, 4.69) is 0 Å². The molecule has 0 bridgehead atoms. The highest BCUT2D eigenvalue weighted by Gasteiger charge is 2.39. The van der Waals surface area contributed by atoms with Crippen molar-refractivity contribution in [1.82, 2.24) is 9.80 Å². The second-order valence-electron chi connectivity index (χ2n) is 4.09. The van der Waals surface area contributed by atoms with E-state index in [4.69, 9.17) is 5.11 Å². The highest BCUT2D eigenvalue weighted by Crippen LogP contribution is 2.19. The summed E-state index contributed by atoms with van der Waals surface area (Å²) in [6.45, 7) is 0.665. The SMILES string of the molecule is CSCCN(C)C(=O)N1CC(O)CC1C(=O)O. The lowest BCUT2D eigenvalue weighted by molar-refractivity contribution is -0.141. The van der Waals surface area contributed by atoms with Crippen molar-refractivity contribution in [2.24, 2.45) is 0 Å². The monoisotopic (exact) mass is 262 g/mol. The summed E-state index contributed by atoms with van der Waals surface area (Å²) in [5.41, 5.74) is 0. The number of aliphatic carboxylic acids is 1. The number of carbonyl (C=O) groups is 2. The number of aliphatic hydroxyl groups excluding tert-OH is 1. The smallest absolute Gasteiger partial charge is 0.326 e. The predicted molar refractivity (Wildman–Crippen MR) is 65.2 cm³/mol. The molecule has 0 spiro atoms. The van der Waals surface area contributed by atoms with Gasteiger partial charge in [-0.05, 0) is 6.26 Å². The summed E-state index contributed by atoms with van der Waals surface area (Å²) in [6, 6.07) is -1.24. The molecule has 1 rings (SSSR count). The molecule has 1 aliphatic heterocycles. The molecule has 1 heterocycles. The first-order chi connectivity index (χ1) is 7.97. The van der Waals surface area contributed by atoms with Crippen molar-refractivity contribution in [3.8, 4) is 0 Å². The Labute approximate surface area is 105 Å². The van der Waals surface area contributed by atoms with Gasteiger partial charge in [-0.1, -0.05) is 0 Å². The average molecular weight is 262 g/mol. The fourth-order valence-corrected chi connectivity index (χ4v) is 2.26. The Morgan fingerprint density at radius 1 is 1.53 bits per heavy atom. The van der Waals surface area contributed by atoms with Crippen LogP contribution in [0.2, 0.25) is 0 Å². The topological polar surface area (TPSA) is 81.1 Å². The van der Waals surface area contributed by atoms with E-state index in [0.29, 0.717) is 6.54 Å². The summed E-state index contributed by atoms with van der Waals surface area (Å²) in [4.78, 5) is 25.7. The van der Waals surface area contributed by atoms with Gasteiger partial charge in [-0.25, -0.2) is 9.59 Å². The molecule has 1 fully saturated rings. The Kier molecular flexibility index (Phi) is 5.07. The van der Waals surface area contributed by atoms with Crippen LogP contribution < -0.4 is 0 Å². The third kappa shape index (κ3) is 3.50. The molecule has 0 saturated carbocycles. The summed E-state index contributed by atoms with van der Waals surface area (Å²) < 4.78 is 0. The van der Waals surface area contributed by atoms with E-state index in [9.17, 15) is 14.7 Å². The van der Waals surface area contributed by atoms with Crippen LogP contribution in [0.3, 0.4) is 0 Å². The van der Waals surface area contributed by atoms with Gasteiger partial charge in [0.25, 0.3) is 0 Å². The number of nitrogens with zero attached hydrogens (tertiary/aromatic N) is 2. The normalized spacial score (nSPS) is 23.8. The number of amides is 2. The van der Waals surface area contributed by atoms with Crippen molar-refractivity contribution in [3.05, 3.63) is 0 Å². The quantitative estimate of drug-likeness (QED) is 0.740. The lowest BCUT2D eigenvalue weighted by Gasteiger charge is -2.27. The number of hydrogen-bond donors (Lipinski definition) is 2. The van der Waals surface area contributed by atoms with Crippen molar-refractivity contribution in [3.63, 3.8) is 0 Å². The summed E-state index contributed by atoms with van der Waals surface area (Å²) >= 11 is 1.62. The van der Waals surface area contributed by atoms with E-state index in [0.717, 1.165) is 5.75 Å². The van der Waals surface area contributed by atoms with Crippen molar-refractivity contribution >= 4 is 23.8 Å². The number of thioether (sulfide) groups is 1. The zero-order valence-corrected chi connectivity index (χ0v) is 10.8. The number of rotatable bonds is 4. The van der Waals surface area contributed by atoms with Crippen molar-refractivity contribution in [2.75, 3.05) is 32.1 Å². The van der Waals surface area contributed by atoms with Crippen LogP contribution in [-0.2, 0) is 4.79 Å². The van der Waals surface area contributed by atoms with Crippen LogP contribution >= 0.6 is 11.8 Å². The predicted octanol–water partition coefficient (Wildman–Crippen LogP) is -0.0790. The van der Waals surface area contributed by atoms with E-state index in [1.165, 1.54) is 9.80 Å². The summed E-state index contributed by atoms with van der Waals surface area (Å²) in [6.07, 6.45) is 1.31. The van der Waals surface area contributed by atoms with Gasteiger partial charge in [0.2, 0.25) is 0 Å². The molecule has 1 saturated heterocycles. The van der Waals surface area contributed by atoms with Crippen LogP contribution in [0.25, 0.3) is 0 Å². The van der Waals surface area contributed by atoms with Gasteiger partial charge in [0.1, 0.15) is 6.04 Å². The molecule has 6 nitrogen and oxygen atoms in total. The third-order valence-electron chi connectivity index (χ3n) is 2.77. The molecule has 0 radical (unpaired) electrons. The summed E-state index contributed by atoms with van der Waals surface area (Å²) in [5, 5.41) is 18.4. The molecule has 2 amide bonds. The Morgan fingerprint density at radius 2 is 2.18 bits per heavy atom. The number of likely N-dealkylation sites (tertiary alicyclic amines) is 1. The van der Waals surface area contributed by atoms with Crippen molar-refractivity contribution in [1.29, 1.82) is 0 Å². The number of carboxylic acids is 1. The maximum Gasteiger partial charge on any atom is 0.326 e. The summed E-state index contributed by atoms with van der Waals surface area (Å²) in [5.74, 6) is -0.260. The molecule has 7 heteroatoms. The van der Waals surface area contributed by atoms with E-state index in [1.54, 1.807) is 18.8 Å². The minimum Gasteiger partial charge on any atom is -0.480 e. The van der Waals surface area contributed by atoms with Gasteiger partial charge < -0.3 is 20.0 Å². The van der Waals surface area contributed by atoms with E-state index in [1.807, 2.05) is 6.26 Å². The van der Waals surface area contributed by atoms with Crippen LogP contribution in [0.4, 0.5) is 4.79 Å². The van der Waals surface area contributed by atoms with Crippen LogP contribution in [0.5, 0.6) is 0 Å². The number of carbonyl (C=O) groups excluding carboxylic acids is 1. The zero-order valence-electron chi connectivity index (χ0n) is 10.00. The van der Waals surface area contributed by atoms with Gasteiger partial charge >= 0.3 is 12.0 Å². The molecule has 0 aromatic carbocycles. The van der Waals surface area contributed by atoms with E-state index in [-0.39, 0.29) is 19.0 Å². The molecule has 98 valence electrons. The van der Waals surface area contributed by atoms with Crippen LogP contribution in [0, 0.1) is 0 Å². The molecule has 2 atom stereocenters. The van der Waals surface area contributed by atoms with Crippen LogP contribution in [-0.4, -0.2) is 76.3 Å². The first-order valence-corrected chi connectivity index (χ1v) is 6.78. The standard InChI is InChI=1S/C10H18N2O4S/c1-11(3-4-17-2)10(16)12-6-7(13)5-8(12)9(14)15/h7-8,13H,3-6H2,1-2H3,(H,14,15). The Balaban J connectivity index is 2.63. The lowest BCUT2D eigenvalue weighted by Crippen LogP contribution is -2.47. The van der Waals surface area contributed by atoms with Crippen molar-refractivity contribution in [2.45, 2.75) is 18.6 Å². The highest BCUT2D eigenvalue weighted by molar-refractivity contribution is 7.98. The number of carboxylic acid groups (broad SMARTS) is 1. The fourth-order valence-electron chi connectivity index (χ4n) is 1.80. The van der Waals surface area contributed by atoms with Gasteiger partial charge in [0.15, 0.2) is 0 Å². The maximum atomic E-state index is 12.0. The Hall–Kier alpha value is -0.950. The number of aliphatic hydroxyl groups is 1. The molecule has 2 N–H and O–H groups in total. The van der Waals surface area contributed by atoms with Gasteiger partial charge in [-0.15, -0.1) is 0 Å². The minimum absolute atomic E-state index is 0.0966. The first kappa shape index (κ1) is 14.1. The van der Waals surface area contributed by atoms with Gasteiger partial charge in [0, 0.05) is 32.3 Å². The van der Waals surface area contributed by atoms with E-state index >= 15 is 0 Å². The number of hydrogen-bond acceptors (Lipinski definition) is 4. The number of β-amino-alcohol motifs (C(OH)–C–C–N with tert-alkyl or cyclic N) is 1. The van der Waals surface area contributed by atoms with Crippen LogP contribution in [0.1, 0.15) is 6.42 Å². The second-order valence-corrected chi connectivity index (χ2v) is 5.08. The van der Waals surface area contributed by atoms with Crippen LogP contribution in [0.15, 0.2) is 0 Å². The van der Waals surface area contributed by atoms with Crippen molar-refractivity contribution < 1.29 is 19.8 Å². The fraction of sp³-hybridized carbons (Fsp3) is 0.800.